The predicted molar refractivity (Wildman–Crippen MR) is 299 cm³/mol. The molecular weight excluding hydrogens is 1080 g/mol. The maximum atomic E-state index is 10.3. The molecule has 12 aromatic rings. The van der Waals surface area contributed by atoms with Crippen LogP contribution in [0.3, 0.4) is 0 Å². The maximum Gasteiger partial charge on any atom is 0.268 e. The van der Waals surface area contributed by atoms with Crippen LogP contribution in [-0.2, 0) is 31.9 Å². The second kappa shape index (κ2) is 19.4. The zero-order valence-corrected chi connectivity index (χ0v) is 43.2. The van der Waals surface area contributed by atoms with Crippen LogP contribution < -0.4 is 9.30 Å². The van der Waals surface area contributed by atoms with Crippen molar-refractivity contribution >= 4 is 32.8 Å². The second-order valence-corrected chi connectivity index (χ2v) is 19.5. The van der Waals surface area contributed by atoms with E-state index in [-0.39, 0.29) is 54.6 Å². The Bertz CT molecular complexity index is 4940. The van der Waals surface area contributed by atoms with Gasteiger partial charge in [-0.3, -0.25) is 4.57 Å². The van der Waals surface area contributed by atoms with Crippen molar-refractivity contribution in [2.24, 2.45) is 0 Å². The number of aromatic nitrogens is 4. The minimum absolute atomic E-state index is 0. The third kappa shape index (κ3) is 9.07. The fraction of sp³-hybridized carbons (Fsp3) is 0.118. The van der Waals surface area contributed by atoms with Crippen molar-refractivity contribution in [1.82, 2.24) is 14.1 Å². The summed E-state index contributed by atoms with van der Waals surface area (Å²) in [6.45, 7) is 11.9. The maximum absolute atomic E-state index is 10.3. The summed E-state index contributed by atoms with van der Waals surface area (Å²) >= 11 is 0. The molecule has 3 heterocycles. The molecule has 0 aliphatic rings. The topological polar surface area (TPSA) is 35.9 Å². The molecule has 0 spiro atoms. The monoisotopic (exact) mass is 1160 g/mol. The van der Waals surface area contributed by atoms with E-state index in [4.69, 9.17) is 22.1 Å². The van der Waals surface area contributed by atoms with Gasteiger partial charge in [0.1, 0.15) is 5.82 Å². The first-order valence-corrected chi connectivity index (χ1v) is 23.6. The third-order valence-electron chi connectivity index (χ3n) is 12.7. The Morgan fingerprint density at radius 1 is 0.527 bits per heavy atom. The molecule has 0 saturated heterocycles. The molecule has 0 N–H and O–H groups in total. The smallest absolute Gasteiger partial charge is 0.268 e. The molecule has 0 atom stereocenters. The molecule has 0 aliphatic carbocycles. The zero-order valence-electron chi connectivity index (χ0n) is 58.9. The predicted octanol–water partition coefficient (Wildman–Crippen LogP) is 16.9. The van der Waals surface area contributed by atoms with Gasteiger partial charge in [0, 0.05) is 44.3 Å². The summed E-state index contributed by atoms with van der Waals surface area (Å²) in [5.74, 6) is 1.30. The largest absolute Gasteiger partial charge is 0.510 e. The summed E-state index contributed by atoms with van der Waals surface area (Å²) in [5, 5.41) is 1.90. The molecule has 9 aromatic carbocycles. The van der Waals surface area contributed by atoms with Crippen molar-refractivity contribution in [3.8, 4) is 73.2 Å². The average molecular weight is 1160 g/mol. The van der Waals surface area contributed by atoms with Crippen LogP contribution in [0.15, 0.2) is 218 Å². The van der Waals surface area contributed by atoms with Gasteiger partial charge in [0.15, 0.2) is 0 Å². The van der Waals surface area contributed by atoms with Crippen LogP contribution >= 0.6 is 0 Å². The van der Waals surface area contributed by atoms with Gasteiger partial charge in [0.2, 0.25) is 0 Å². The second-order valence-electron chi connectivity index (χ2n) is 19.5. The molecule has 0 saturated carbocycles. The van der Waals surface area contributed by atoms with E-state index < -0.39 is 142 Å². The molecular formula is C68H54N4OPt-2. The molecule has 364 valence electrons. The van der Waals surface area contributed by atoms with Crippen molar-refractivity contribution < 1.29 is 55.0 Å². The number of benzene rings is 9. The SMILES string of the molecule is [2H]c1c([2H])c([2H])c(-c2cc(C(C)(C)C)cc(-c3c([2H])c(-c4c([2H])c([2H])c([2H])c([2H])c4[2H])c([2H])c(-c4c([2H])c([2H])c([2H])c([2H])c4[2H])c3[2H])c2-[n+]2[c-]n(-c3[c-]c(Oc4[c-]c5c(cc4)c4ccccc4n5-c4cc(C(C)(C)C)ccn4)ccc3)c3ccccc32)c([2H])c1[2H].[Pt]. The molecule has 0 bridgehead atoms. The summed E-state index contributed by atoms with van der Waals surface area (Å²) in [7, 11) is 0. The Hall–Kier alpha value is -8.11. The Balaban J connectivity index is 0.00000867. The van der Waals surface area contributed by atoms with E-state index >= 15 is 0 Å². The molecule has 0 aliphatic heterocycles. The number of para-hydroxylation sites is 3. The van der Waals surface area contributed by atoms with E-state index in [0.29, 0.717) is 39.4 Å². The Morgan fingerprint density at radius 2 is 1.11 bits per heavy atom. The van der Waals surface area contributed by atoms with E-state index in [1.807, 2.05) is 63.2 Å². The molecule has 12 rings (SSSR count). The van der Waals surface area contributed by atoms with Gasteiger partial charge >= 0.3 is 0 Å². The Labute approximate surface area is 473 Å². The Kier molecular flexibility index (Phi) is 8.24. The van der Waals surface area contributed by atoms with Crippen LogP contribution in [0.5, 0.6) is 11.5 Å². The van der Waals surface area contributed by atoms with Gasteiger partial charge in [0.25, 0.3) is 6.33 Å². The summed E-state index contributed by atoms with van der Waals surface area (Å²) < 4.78 is 177. The average Bonchev–Trinajstić information content (AvgIpc) is 0.909. The standard InChI is InChI=1S/C68H54N4O.Pt/c1-67(2,3)52-35-36-69-65(42-52)72-61-30-17-16-29-57(61)58-34-33-56(44-64(58)72)73-55-28-20-27-54(43-55)70-45-71(63-32-19-18-31-62(63)70)66-59(48-25-14-9-15-26-48)40-53(68(4,5)6)41-60(66)51-38-49(46-21-10-7-11-22-46)37-50(39-51)47-23-12-8-13-24-47;/h7-42H,1-6H3;/q-2;/i7D,8D,9D,10D,11D,12D,13D,14D,15D,21D,22D,23D,24D,25D,26D,37D,38D,39D;. The van der Waals surface area contributed by atoms with Crippen molar-refractivity contribution in [2.45, 2.75) is 52.4 Å². The van der Waals surface area contributed by atoms with Crippen LogP contribution in [0.2, 0.25) is 0 Å². The zero-order chi connectivity index (χ0) is 65.5. The van der Waals surface area contributed by atoms with Crippen LogP contribution in [0, 0.1) is 18.5 Å². The van der Waals surface area contributed by atoms with E-state index in [0.717, 1.165) is 21.9 Å². The molecule has 0 fully saturated rings. The molecule has 0 amide bonds. The van der Waals surface area contributed by atoms with Crippen molar-refractivity contribution in [2.75, 3.05) is 0 Å². The van der Waals surface area contributed by atoms with Crippen LogP contribution in [-0.4, -0.2) is 14.1 Å². The molecule has 6 heteroatoms. The molecule has 0 unspecified atom stereocenters. The minimum Gasteiger partial charge on any atom is -0.510 e. The first-order chi connectivity index (χ1) is 42.9. The number of hydrogen-bond donors (Lipinski definition) is 0. The summed E-state index contributed by atoms with van der Waals surface area (Å²) in [6.07, 6.45) is 5.22. The van der Waals surface area contributed by atoms with Gasteiger partial charge in [-0.25, -0.2) is 4.98 Å². The molecule has 3 aromatic heterocycles. The van der Waals surface area contributed by atoms with Crippen LogP contribution in [0.25, 0.3) is 94.5 Å². The summed E-state index contributed by atoms with van der Waals surface area (Å²) in [5.41, 5.74) is -0.428. The van der Waals surface area contributed by atoms with Gasteiger partial charge in [-0.05, 0) is 114 Å². The van der Waals surface area contributed by atoms with Gasteiger partial charge < -0.3 is 13.9 Å². The van der Waals surface area contributed by atoms with Gasteiger partial charge in [-0.15, -0.1) is 29.7 Å². The van der Waals surface area contributed by atoms with Gasteiger partial charge in [0.05, 0.1) is 41.4 Å². The van der Waals surface area contributed by atoms with Crippen molar-refractivity contribution in [3.63, 3.8) is 0 Å². The van der Waals surface area contributed by atoms with Gasteiger partial charge in [-0.2, -0.15) is 18.2 Å². The van der Waals surface area contributed by atoms with E-state index in [1.54, 1.807) is 65.4 Å². The van der Waals surface area contributed by atoms with Crippen molar-refractivity contribution in [3.05, 3.63) is 248 Å². The van der Waals surface area contributed by atoms with E-state index in [1.165, 1.54) is 4.57 Å². The Morgan fingerprint density at radius 3 is 1.77 bits per heavy atom. The summed E-state index contributed by atoms with van der Waals surface area (Å²) in [6, 6.07) is 24.1. The van der Waals surface area contributed by atoms with E-state index in [2.05, 4.69) is 49.9 Å². The minimum atomic E-state index is -0.898. The fourth-order valence-electron chi connectivity index (χ4n) is 9.01. The number of rotatable bonds is 9. The summed E-state index contributed by atoms with van der Waals surface area (Å²) in [4.78, 5) is 4.81. The quantitative estimate of drug-likeness (QED) is 0.107. The van der Waals surface area contributed by atoms with Crippen molar-refractivity contribution in [1.29, 1.82) is 0 Å². The van der Waals surface area contributed by atoms with Crippen LogP contribution in [0.4, 0.5) is 0 Å². The first-order valence-electron chi connectivity index (χ1n) is 32.6. The van der Waals surface area contributed by atoms with Gasteiger partial charge in [-0.1, -0.05) is 192 Å². The number of nitrogens with zero attached hydrogens (tertiary/aromatic N) is 4. The number of ether oxygens (including phenoxy) is 1. The third-order valence-corrected chi connectivity index (χ3v) is 12.7. The normalized spacial score (nSPS) is 15.2. The van der Waals surface area contributed by atoms with E-state index in [9.17, 15) is 12.3 Å². The van der Waals surface area contributed by atoms with Crippen LogP contribution in [0.1, 0.15) is 77.3 Å². The number of fused-ring (bicyclic) bond motifs is 4. The first kappa shape index (κ1) is 31.5. The molecule has 74 heavy (non-hydrogen) atoms. The number of hydrogen-bond acceptors (Lipinski definition) is 2. The molecule has 0 radical (unpaired) electrons. The number of imidazole rings is 1. The number of pyridine rings is 1. The fourth-order valence-corrected chi connectivity index (χ4v) is 9.01. The molecule has 5 nitrogen and oxygen atoms in total.